The summed E-state index contributed by atoms with van der Waals surface area (Å²) in [5, 5.41) is 10.2. The molecule has 1 aliphatic heterocycles. The number of rotatable bonds is 3. The van der Waals surface area contributed by atoms with Crippen LogP contribution in [0.5, 0.6) is 0 Å². The van der Waals surface area contributed by atoms with Crippen LogP contribution in [0.15, 0.2) is 58.4 Å². The van der Waals surface area contributed by atoms with Gasteiger partial charge in [-0.3, -0.25) is 9.71 Å². The Morgan fingerprint density at radius 3 is 2.73 bits per heavy atom. The Labute approximate surface area is 129 Å². The van der Waals surface area contributed by atoms with Gasteiger partial charge in [0.05, 0.1) is 17.5 Å². The maximum atomic E-state index is 12.0. The van der Waals surface area contributed by atoms with Crippen LogP contribution in [-0.2, 0) is 10.0 Å². The molecular formula is C16H16N2O3S. The van der Waals surface area contributed by atoms with Gasteiger partial charge in [0.2, 0.25) is 0 Å². The van der Waals surface area contributed by atoms with Gasteiger partial charge in [-0.25, -0.2) is 8.42 Å². The van der Waals surface area contributed by atoms with Gasteiger partial charge in [0.15, 0.2) is 0 Å². The van der Waals surface area contributed by atoms with Crippen molar-refractivity contribution in [2.24, 2.45) is 4.99 Å². The van der Waals surface area contributed by atoms with Gasteiger partial charge in [-0.15, -0.1) is 0 Å². The van der Waals surface area contributed by atoms with Gasteiger partial charge in [-0.05, 0) is 24.6 Å². The fraction of sp³-hybridized carbons (Fsp3) is 0.188. The molecule has 2 N–H and O–H groups in total. The molecule has 1 unspecified atom stereocenters. The molecule has 0 saturated carbocycles. The highest BCUT2D eigenvalue weighted by Gasteiger charge is 2.30. The zero-order chi connectivity index (χ0) is 15.7. The normalized spacial score (nSPS) is 18.7. The second-order valence-electron chi connectivity index (χ2n) is 5.22. The lowest BCUT2D eigenvalue weighted by Crippen LogP contribution is -2.23. The molecule has 0 aromatic heterocycles. The molecule has 1 heterocycles. The Balaban J connectivity index is 1.85. The van der Waals surface area contributed by atoms with Crippen LogP contribution in [-0.4, -0.2) is 25.9 Å². The third-order valence-corrected chi connectivity index (χ3v) is 4.91. The highest BCUT2D eigenvalue weighted by Crippen LogP contribution is 2.23. The lowest BCUT2D eigenvalue weighted by atomic mass is 10.1. The van der Waals surface area contributed by atoms with Gasteiger partial charge >= 0.3 is 0 Å². The van der Waals surface area contributed by atoms with Crippen LogP contribution in [0.3, 0.4) is 0 Å². The van der Waals surface area contributed by atoms with Crippen molar-refractivity contribution in [2.45, 2.75) is 17.9 Å². The van der Waals surface area contributed by atoms with Crippen molar-refractivity contribution in [1.82, 2.24) is 4.72 Å². The molecule has 22 heavy (non-hydrogen) atoms. The molecule has 0 fully saturated rings. The fourth-order valence-corrected chi connectivity index (χ4v) is 3.66. The van der Waals surface area contributed by atoms with Gasteiger partial charge < -0.3 is 5.11 Å². The molecule has 3 rings (SSSR count). The Morgan fingerprint density at radius 2 is 1.95 bits per heavy atom. The summed E-state index contributed by atoms with van der Waals surface area (Å²) >= 11 is 0. The number of hydrogen-bond acceptors (Lipinski definition) is 4. The molecule has 1 atom stereocenters. The van der Waals surface area contributed by atoms with E-state index in [0.29, 0.717) is 5.56 Å². The minimum atomic E-state index is -3.54. The summed E-state index contributed by atoms with van der Waals surface area (Å²) in [5.74, 6) is 0.280. The zero-order valence-electron chi connectivity index (χ0n) is 12.0. The molecule has 2 aromatic rings. The van der Waals surface area contributed by atoms with Gasteiger partial charge in [0.25, 0.3) is 10.0 Å². The van der Waals surface area contributed by atoms with E-state index in [9.17, 15) is 13.5 Å². The van der Waals surface area contributed by atoms with E-state index in [1.807, 2.05) is 31.2 Å². The standard InChI is InChI=1S/C16H16N2O3S/c1-11-5-4-6-12(9-11)14(19)10-17-16-13-7-2-3-8-15(13)22(20,21)18-16/h2-9,14,19H,10H2,1H3,(H,17,18). The number of sulfonamides is 1. The molecule has 1 aliphatic rings. The van der Waals surface area contributed by atoms with Crippen molar-refractivity contribution < 1.29 is 13.5 Å². The summed E-state index contributed by atoms with van der Waals surface area (Å²) in [6.45, 7) is 2.04. The first-order chi connectivity index (χ1) is 10.5. The molecule has 0 bridgehead atoms. The number of fused-ring (bicyclic) bond motifs is 1. The maximum absolute atomic E-state index is 12.0. The van der Waals surface area contributed by atoms with E-state index in [1.54, 1.807) is 18.2 Å². The summed E-state index contributed by atoms with van der Waals surface area (Å²) in [4.78, 5) is 4.46. The number of nitrogens with one attached hydrogen (secondary N) is 1. The third kappa shape index (κ3) is 2.75. The summed E-state index contributed by atoms with van der Waals surface area (Å²) in [6, 6.07) is 14.2. The number of hydrogen-bond donors (Lipinski definition) is 2. The molecule has 0 spiro atoms. The average Bonchev–Trinajstić information content (AvgIpc) is 2.76. The van der Waals surface area contributed by atoms with E-state index >= 15 is 0 Å². The first-order valence-corrected chi connectivity index (χ1v) is 8.37. The largest absolute Gasteiger partial charge is 0.386 e. The third-order valence-electron chi connectivity index (χ3n) is 3.51. The van der Waals surface area contributed by atoms with E-state index < -0.39 is 16.1 Å². The maximum Gasteiger partial charge on any atom is 0.263 e. The van der Waals surface area contributed by atoms with Crippen LogP contribution in [0.25, 0.3) is 0 Å². The molecule has 0 saturated heterocycles. The van der Waals surface area contributed by atoms with Crippen LogP contribution >= 0.6 is 0 Å². The van der Waals surface area contributed by atoms with Gasteiger partial charge in [0.1, 0.15) is 5.84 Å². The quantitative estimate of drug-likeness (QED) is 0.906. The molecule has 0 aliphatic carbocycles. The summed E-state index contributed by atoms with van der Waals surface area (Å²) < 4.78 is 26.4. The Hall–Kier alpha value is -2.18. The van der Waals surface area contributed by atoms with Crippen molar-refractivity contribution >= 4 is 15.9 Å². The first-order valence-electron chi connectivity index (χ1n) is 6.89. The van der Waals surface area contributed by atoms with E-state index in [1.165, 1.54) is 6.07 Å². The van der Waals surface area contributed by atoms with Crippen molar-refractivity contribution in [3.05, 3.63) is 65.2 Å². The fourth-order valence-electron chi connectivity index (χ4n) is 2.41. The lowest BCUT2D eigenvalue weighted by Gasteiger charge is -2.09. The van der Waals surface area contributed by atoms with Gasteiger partial charge in [-0.2, -0.15) is 0 Å². The number of nitrogens with zero attached hydrogens (tertiary/aromatic N) is 1. The Kier molecular flexibility index (Phi) is 3.72. The molecule has 5 nitrogen and oxygen atoms in total. The van der Waals surface area contributed by atoms with Crippen LogP contribution in [0, 0.1) is 6.92 Å². The number of amidine groups is 1. The van der Waals surface area contributed by atoms with E-state index in [2.05, 4.69) is 9.71 Å². The molecule has 2 aromatic carbocycles. The lowest BCUT2D eigenvalue weighted by molar-refractivity contribution is 0.187. The number of aryl methyl sites for hydroxylation is 1. The van der Waals surface area contributed by atoms with Crippen LogP contribution in [0.4, 0.5) is 0 Å². The van der Waals surface area contributed by atoms with E-state index in [4.69, 9.17) is 0 Å². The first kappa shape index (κ1) is 14.7. The molecule has 114 valence electrons. The molecule has 6 heteroatoms. The Morgan fingerprint density at radius 1 is 1.18 bits per heavy atom. The summed E-state index contributed by atoms with van der Waals surface area (Å²) in [7, 11) is -3.54. The predicted molar refractivity (Wildman–Crippen MR) is 84.3 cm³/mol. The van der Waals surface area contributed by atoms with E-state index in [-0.39, 0.29) is 17.3 Å². The predicted octanol–water partition coefficient (Wildman–Crippen LogP) is 1.77. The number of benzene rings is 2. The van der Waals surface area contributed by atoms with Crippen molar-refractivity contribution in [3.8, 4) is 0 Å². The molecule has 0 radical (unpaired) electrons. The van der Waals surface area contributed by atoms with E-state index in [0.717, 1.165) is 11.1 Å². The number of aliphatic hydroxyl groups is 1. The second-order valence-corrected chi connectivity index (χ2v) is 6.87. The van der Waals surface area contributed by atoms with Crippen LogP contribution in [0.1, 0.15) is 22.8 Å². The number of aliphatic imine (C=N–C) groups is 1. The molecular weight excluding hydrogens is 300 g/mol. The monoisotopic (exact) mass is 316 g/mol. The van der Waals surface area contributed by atoms with Crippen molar-refractivity contribution in [2.75, 3.05) is 6.54 Å². The topological polar surface area (TPSA) is 78.8 Å². The highest BCUT2D eigenvalue weighted by molar-refractivity contribution is 7.90. The van der Waals surface area contributed by atoms with Crippen molar-refractivity contribution in [3.63, 3.8) is 0 Å². The summed E-state index contributed by atoms with van der Waals surface area (Å²) in [5.41, 5.74) is 2.36. The van der Waals surface area contributed by atoms with Crippen LogP contribution in [0.2, 0.25) is 0 Å². The van der Waals surface area contributed by atoms with Crippen molar-refractivity contribution in [1.29, 1.82) is 0 Å². The summed E-state index contributed by atoms with van der Waals surface area (Å²) in [6.07, 6.45) is -0.773. The Bertz CT molecular complexity index is 844. The zero-order valence-corrected chi connectivity index (χ0v) is 12.8. The van der Waals surface area contributed by atoms with Gasteiger partial charge in [0, 0.05) is 5.56 Å². The second kappa shape index (κ2) is 5.55. The number of aliphatic hydroxyl groups excluding tert-OH is 1. The SMILES string of the molecule is Cc1cccc(C(O)CN=C2NS(=O)(=O)c3ccccc32)c1. The highest BCUT2D eigenvalue weighted by atomic mass is 32.2. The smallest absolute Gasteiger partial charge is 0.263 e. The average molecular weight is 316 g/mol. The minimum absolute atomic E-state index is 0.0929. The van der Waals surface area contributed by atoms with Crippen LogP contribution < -0.4 is 4.72 Å². The minimum Gasteiger partial charge on any atom is -0.386 e. The molecule has 0 amide bonds. The van der Waals surface area contributed by atoms with Gasteiger partial charge in [-0.1, -0.05) is 42.0 Å².